The molecule has 0 aliphatic carbocycles. The molecule has 0 aromatic heterocycles. The average molecular weight is 428 g/mol. The Morgan fingerprint density at radius 1 is 1.36 bits per heavy atom. The quantitative estimate of drug-likeness (QED) is 0.745. The van der Waals surface area contributed by atoms with Crippen LogP contribution in [-0.2, 0) is 9.53 Å². The number of aliphatic carboxylic acids is 1. The summed E-state index contributed by atoms with van der Waals surface area (Å²) < 4.78 is 43.0. The van der Waals surface area contributed by atoms with E-state index >= 15 is 0 Å². The molecule has 0 amide bonds. The van der Waals surface area contributed by atoms with E-state index in [1.807, 2.05) is 0 Å². The molecule has 1 saturated heterocycles. The van der Waals surface area contributed by atoms with Crippen molar-refractivity contribution in [3.8, 4) is 5.75 Å². The molecule has 2 rings (SSSR count). The van der Waals surface area contributed by atoms with Crippen LogP contribution in [0.5, 0.6) is 5.75 Å². The predicted octanol–water partition coefficient (Wildman–Crippen LogP) is 3.16. The SMILES string of the molecule is CC1CN(CCOc2ccc(C(=O)O)cc2Cl)CCCO1.O=C(O)C(F)(F)F. The number of hydrogen-bond donors (Lipinski definition) is 2. The first-order valence-electron chi connectivity index (χ1n) is 8.30. The summed E-state index contributed by atoms with van der Waals surface area (Å²) in [6.45, 7) is 6.08. The normalized spacial score (nSPS) is 17.8. The average Bonchev–Trinajstić information content (AvgIpc) is 2.80. The molecule has 1 heterocycles. The van der Waals surface area contributed by atoms with Crippen LogP contribution >= 0.6 is 11.6 Å². The molecule has 7 nitrogen and oxygen atoms in total. The maximum atomic E-state index is 10.8. The van der Waals surface area contributed by atoms with Gasteiger partial charge in [-0.2, -0.15) is 13.2 Å². The minimum atomic E-state index is -5.08. The third-order valence-corrected chi connectivity index (χ3v) is 3.92. The summed E-state index contributed by atoms with van der Waals surface area (Å²) in [5.41, 5.74) is 0.158. The third-order valence-electron chi connectivity index (χ3n) is 3.62. The van der Waals surface area contributed by atoms with Crippen LogP contribution in [0.3, 0.4) is 0 Å². The zero-order valence-electron chi connectivity index (χ0n) is 15.0. The van der Waals surface area contributed by atoms with E-state index < -0.39 is 18.1 Å². The van der Waals surface area contributed by atoms with Crippen molar-refractivity contribution in [2.75, 3.05) is 32.8 Å². The van der Waals surface area contributed by atoms with Crippen LogP contribution < -0.4 is 4.74 Å². The first-order valence-corrected chi connectivity index (χ1v) is 8.68. The van der Waals surface area contributed by atoms with Crippen molar-refractivity contribution in [3.05, 3.63) is 28.8 Å². The summed E-state index contributed by atoms with van der Waals surface area (Å²) in [6.07, 6.45) is -3.82. The van der Waals surface area contributed by atoms with Gasteiger partial charge in [-0.1, -0.05) is 11.6 Å². The molecule has 11 heteroatoms. The lowest BCUT2D eigenvalue weighted by atomic mass is 10.2. The fourth-order valence-corrected chi connectivity index (χ4v) is 2.55. The van der Waals surface area contributed by atoms with E-state index in [0.29, 0.717) is 17.4 Å². The zero-order chi connectivity index (χ0) is 21.3. The molecule has 1 aliphatic rings. The van der Waals surface area contributed by atoms with E-state index in [2.05, 4.69) is 11.8 Å². The highest BCUT2D eigenvalue weighted by atomic mass is 35.5. The third kappa shape index (κ3) is 8.77. The highest BCUT2D eigenvalue weighted by Gasteiger charge is 2.38. The number of carboxylic acids is 2. The van der Waals surface area contributed by atoms with Crippen LogP contribution in [0.2, 0.25) is 5.02 Å². The molecule has 1 unspecified atom stereocenters. The fourth-order valence-electron chi connectivity index (χ4n) is 2.32. The molecular formula is C17H21ClF3NO6. The van der Waals surface area contributed by atoms with Crippen molar-refractivity contribution in [1.29, 1.82) is 0 Å². The molecule has 2 N–H and O–H groups in total. The van der Waals surface area contributed by atoms with Gasteiger partial charge in [-0.15, -0.1) is 0 Å². The van der Waals surface area contributed by atoms with Crippen molar-refractivity contribution in [1.82, 2.24) is 4.90 Å². The molecule has 1 aromatic rings. The van der Waals surface area contributed by atoms with Crippen molar-refractivity contribution in [2.45, 2.75) is 25.6 Å². The molecule has 1 atom stereocenters. The van der Waals surface area contributed by atoms with E-state index in [4.69, 9.17) is 36.1 Å². The number of rotatable bonds is 5. The summed E-state index contributed by atoms with van der Waals surface area (Å²) >= 11 is 6.02. The monoisotopic (exact) mass is 427 g/mol. The van der Waals surface area contributed by atoms with E-state index in [-0.39, 0.29) is 11.7 Å². The number of alkyl halides is 3. The van der Waals surface area contributed by atoms with Crippen LogP contribution in [0, 0.1) is 0 Å². The molecule has 0 bridgehead atoms. The molecule has 158 valence electrons. The maximum Gasteiger partial charge on any atom is 0.490 e. The highest BCUT2D eigenvalue weighted by molar-refractivity contribution is 6.32. The summed E-state index contributed by atoms with van der Waals surface area (Å²) in [5, 5.41) is 16.3. The Morgan fingerprint density at radius 3 is 2.54 bits per heavy atom. The molecule has 1 aromatic carbocycles. The second-order valence-corrected chi connectivity index (χ2v) is 6.34. The Balaban J connectivity index is 0.000000480. The highest BCUT2D eigenvalue weighted by Crippen LogP contribution is 2.25. The lowest BCUT2D eigenvalue weighted by Gasteiger charge is -2.21. The van der Waals surface area contributed by atoms with E-state index in [1.165, 1.54) is 12.1 Å². The van der Waals surface area contributed by atoms with Crippen LogP contribution in [0.1, 0.15) is 23.7 Å². The lowest BCUT2D eigenvalue weighted by Crippen LogP contribution is -2.33. The summed E-state index contributed by atoms with van der Waals surface area (Å²) in [4.78, 5) is 22.0. The fraction of sp³-hybridized carbons (Fsp3) is 0.529. The van der Waals surface area contributed by atoms with Gasteiger partial charge in [0, 0.05) is 26.2 Å². The van der Waals surface area contributed by atoms with E-state index in [0.717, 1.165) is 32.7 Å². The number of aromatic carboxylic acids is 1. The maximum absolute atomic E-state index is 10.8. The van der Waals surface area contributed by atoms with Crippen LogP contribution in [-0.4, -0.2) is 72.2 Å². The standard InChI is InChI=1S/C15H20ClNO4.C2HF3O2/c1-11-10-17(5-2-7-20-11)6-8-21-14-4-3-12(15(18)19)9-13(14)16;3-2(4,5)1(6)7/h3-4,9,11H,2,5-8,10H2,1H3,(H,18,19);(H,6,7). The number of carbonyl (C=O) groups is 2. The number of benzene rings is 1. The van der Waals surface area contributed by atoms with Gasteiger partial charge in [0.1, 0.15) is 12.4 Å². The van der Waals surface area contributed by atoms with Gasteiger partial charge in [0.05, 0.1) is 16.7 Å². The number of ether oxygens (including phenoxy) is 2. The zero-order valence-corrected chi connectivity index (χ0v) is 15.8. The molecule has 0 saturated carbocycles. The molecular weight excluding hydrogens is 407 g/mol. The van der Waals surface area contributed by atoms with Crippen LogP contribution in [0.25, 0.3) is 0 Å². The van der Waals surface area contributed by atoms with Crippen molar-refractivity contribution < 1.29 is 42.4 Å². The second kappa shape index (κ2) is 11.1. The van der Waals surface area contributed by atoms with Gasteiger partial charge in [-0.25, -0.2) is 9.59 Å². The van der Waals surface area contributed by atoms with Gasteiger partial charge < -0.3 is 19.7 Å². The minimum absolute atomic E-state index is 0.158. The van der Waals surface area contributed by atoms with Gasteiger partial charge in [0.25, 0.3) is 0 Å². The number of nitrogens with zero attached hydrogens (tertiary/aromatic N) is 1. The summed E-state index contributed by atoms with van der Waals surface area (Å²) in [6, 6.07) is 4.49. The van der Waals surface area contributed by atoms with E-state index in [9.17, 15) is 18.0 Å². The Bertz CT molecular complexity index is 671. The number of halogens is 4. The van der Waals surface area contributed by atoms with Gasteiger partial charge in [-0.05, 0) is 31.5 Å². The van der Waals surface area contributed by atoms with Gasteiger partial charge in [-0.3, -0.25) is 4.90 Å². The number of carboxylic acid groups (broad SMARTS) is 2. The largest absolute Gasteiger partial charge is 0.491 e. The van der Waals surface area contributed by atoms with Crippen LogP contribution in [0.4, 0.5) is 13.2 Å². The van der Waals surface area contributed by atoms with Crippen molar-refractivity contribution in [3.63, 3.8) is 0 Å². The topological polar surface area (TPSA) is 96.3 Å². The van der Waals surface area contributed by atoms with Gasteiger partial charge in [0.2, 0.25) is 0 Å². The van der Waals surface area contributed by atoms with Crippen molar-refractivity contribution in [2.24, 2.45) is 0 Å². The molecule has 0 radical (unpaired) electrons. The van der Waals surface area contributed by atoms with Crippen molar-refractivity contribution >= 4 is 23.5 Å². The van der Waals surface area contributed by atoms with Crippen LogP contribution in [0.15, 0.2) is 18.2 Å². The Labute approximate surface area is 164 Å². The first-order chi connectivity index (χ1) is 13.0. The molecule has 1 aliphatic heterocycles. The van der Waals surface area contributed by atoms with Gasteiger partial charge in [0.15, 0.2) is 0 Å². The molecule has 1 fully saturated rings. The second-order valence-electron chi connectivity index (χ2n) is 5.94. The number of hydrogen-bond acceptors (Lipinski definition) is 5. The summed E-state index contributed by atoms with van der Waals surface area (Å²) in [5.74, 6) is -3.24. The van der Waals surface area contributed by atoms with Gasteiger partial charge >= 0.3 is 18.1 Å². The lowest BCUT2D eigenvalue weighted by molar-refractivity contribution is -0.192. The molecule has 0 spiro atoms. The minimum Gasteiger partial charge on any atom is -0.491 e. The Morgan fingerprint density at radius 2 is 2.00 bits per heavy atom. The Hall–Kier alpha value is -2.04. The smallest absolute Gasteiger partial charge is 0.490 e. The first kappa shape index (κ1) is 24.0. The Kier molecular flexibility index (Phi) is 9.50. The summed E-state index contributed by atoms with van der Waals surface area (Å²) in [7, 11) is 0. The van der Waals surface area contributed by atoms with E-state index in [1.54, 1.807) is 6.07 Å². The molecule has 28 heavy (non-hydrogen) atoms. The predicted molar refractivity (Wildman–Crippen MR) is 94.1 cm³/mol.